The molecule has 148 valence electrons. The number of hydrogen-bond acceptors (Lipinski definition) is 7. The Bertz CT molecular complexity index is 1070. The van der Waals surface area contributed by atoms with Gasteiger partial charge in [0.05, 0.1) is 16.0 Å². The number of ketones is 1. The van der Waals surface area contributed by atoms with Crippen LogP contribution in [0.1, 0.15) is 44.9 Å². The highest BCUT2D eigenvalue weighted by molar-refractivity contribution is 8.01. The Labute approximate surface area is 169 Å². The summed E-state index contributed by atoms with van der Waals surface area (Å²) in [6.45, 7) is 3.49. The molecular formula is C19H17N5O4S. The summed E-state index contributed by atoms with van der Waals surface area (Å²) in [7, 11) is 0. The zero-order chi connectivity index (χ0) is 21.2. The van der Waals surface area contributed by atoms with Crippen LogP contribution in [0.5, 0.6) is 0 Å². The number of aromatic carboxylic acids is 1. The largest absolute Gasteiger partial charge is 0.478 e. The van der Waals surface area contributed by atoms with Gasteiger partial charge in [-0.2, -0.15) is 4.68 Å². The maximum Gasteiger partial charge on any atom is 0.335 e. The van der Waals surface area contributed by atoms with Crippen molar-refractivity contribution in [2.45, 2.75) is 23.8 Å². The van der Waals surface area contributed by atoms with E-state index in [9.17, 15) is 14.4 Å². The summed E-state index contributed by atoms with van der Waals surface area (Å²) >= 11 is 1.17. The number of benzene rings is 2. The van der Waals surface area contributed by atoms with E-state index in [1.807, 2.05) is 0 Å². The number of nitrogens with two attached hydrogens (primary N) is 1. The number of rotatable bonds is 7. The number of carbonyl (C=O) groups excluding carboxylic acids is 2. The van der Waals surface area contributed by atoms with Crippen LogP contribution in [0.15, 0.2) is 53.7 Å². The molecular weight excluding hydrogens is 394 g/mol. The van der Waals surface area contributed by atoms with Crippen LogP contribution in [0.2, 0.25) is 0 Å². The highest BCUT2D eigenvalue weighted by atomic mass is 32.2. The molecule has 1 amide bonds. The summed E-state index contributed by atoms with van der Waals surface area (Å²) in [5.74, 6) is -1.77. The first-order valence-corrected chi connectivity index (χ1v) is 9.26. The van der Waals surface area contributed by atoms with E-state index in [0.717, 1.165) is 0 Å². The summed E-state index contributed by atoms with van der Waals surface area (Å²) in [5, 5.41) is 21.0. The van der Waals surface area contributed by atoms with Crippen LogP contribution in [0.4, 0.5) is 0 Å². The molecule has 0 saturated carbocycles. The maximum absolute atomic E-state index is 13.0. The fourth-order valence-electron chi connectivity index (χ4n) is 2.56. The SMILES string of the molecule is CC(C)(Sc1nnnn1-c1ccc(C(=O)O)cc1)C(=O)c1ccc(C(N)=O)cc1. The third-order valence-electron chi connectivity index (χ3n) is 4.12. The molecule has 29 heavy (non-hydrogen) atoms. The number of carboxylic acid groups (broad SMARTS) is 1. The summed E-state index contributed by atoms with van der Waals surface area (Å²) in [6.07, 6.45) is 0. The molecule has 0 radical (unpaired) electrons. The van der Waals surface area contributed by atoms with Crippen molar-refractivity contribution >= 4 is 29.4 Å². The number of Topliss-reactive ketones (excluding diaryl/α,β-unsaturated/α-hetero) is 1. The molecule has 0 saturated heterocycles. The van der Waals surface area contributed by atoms with Crippen LogP contribution >= 0.6 is 11.8 Å². The van der Waals surface area contributed by atoms with Crippen molar-refractivity contribution in [3.63, 3.8) is 0 Å². The molecule has 10 heteroatoms. The Morgan fingerprint density at radius 3 is 2.07 bits per heavy atom. The first-order valence-electron chi connectivity index (χ1n) is 8.45. The summed E-state index contributed by atoms with van der Waals surface area (Å²) < 4.78 is 0.517. The van der Waals surface area contributed by atoms with Gasteiger partial charge in [-0.3, -0.25) is 9.59 Å². The summed E-state index contributed by atoms with van der Waals surface area (Å²) in [5.41, 5.74) is 6.69. The topological polar surface area (TPSA) is 141 Å². The molecule has 0 fully saturated rings. The molecule has 0 spiro atoms. The fraction of sp³-hybridized carbons (Fsp3) is 0.158. The molecule has 0 aliphatic carbocycles. The number of thioether (sulfide) groups is 1. The van der Waals surface area contributed by atoms with Crippen molar-refractivity contribution < 1.29 is 19.5 Å². The number of tetrazole rings is 1. The second-order valence-electron chi connectivity index (χ2n) is 6.61. The van der Waals surface area contributed by atoms with Crippen LogP contribution in [0, 0.1) is 0 Å². The van der Waals surface area contributed by atoms with Crippen LogP contribution in [-0.4, -0.2) is 47.7 Å². The predicted molar refractivity (Wildman–Crippen MR) is 105 cm³/mol. The van der Waals surface area contributed by atoms with Crippen molar-refractivity contribution in [1.82, 2.24) is 20.2 Å². The molecule has 0 bridgehead atoms. The number of primary amides is 1. The summed E-state index contributed by atoms with van der Waals surface area (Å²) in [6, 6.07) is 12.2. The minimum Gasteiger partial charge on any atom is -0.478 e. The average Bonchev–Trinajstić information content (AvgIpc) is 3.14. The molecule has 9 nitrogen and oxygen atoms in total. The Kier molecular flexibility index (Phi) is 5.46. The lowest BCUT2D eigenvalue weighted by Crippen LogP contribution is -2.28. The minimum absolute atomic E-state index is 0.144. The number of amides is 1. The van der Waals surface area contributed by atoms with E-state index in [1.54, 1.807) is 38.1 Å². The second-order valence-corrected chi connectivity index (χ2v) is 8.20. The highest BCUT2D eigenvalue weighted by Gasteiger charge is 2.32. The quantitative estimate of drug-likeness (QED) is 0.445. The molecule has 2 aromatic carbocycles. The van der Waals surface area contributed by atoms with Gasteiger partial charge in [0.15, 0.2) is 5.78 Å². The van der Waals surface area contributed by atoms with Gasteiger partial charge in [0.2, 0.25) is 11.1 Å². The number of carbonyl (C=O) groups is 3. The van der Waals surface area contributed by atoms with E-state index in [1.165, 1.54) is 40.7 Å². The molecule has 0 atom stereocenters. The van der Waals surface area contributed by atoms with Crippen molar-refractivity contribution in [3.05, 3.63) is 65.2 Å². The molecule has 1 aromatic heterocycles. The zero-order valence-corrected chi connectivity index (χ0v) is 16.4. The van der Waals surface area contributed by atoms with Crippen LogP contribution in [-0.2, 0) is 0 Å². The molecule has 0 unspecified atom stereocenters. The van der Waals surface area contributed by atoms with E-state index in [2.05, 4.69) is 15.5 Å². The van der Waals surface area contributed by atoms with Crippen LogP contribution in [0.3, 0.4) is 0 Å². The zero-order valence-electron chi connectivity index (χ0n) is 15.6. The molecule has 3 N–H and O–H groups in total. The fourth-order valence-corrected chi connectivity index (χ4v) is 3.53. The van der Waals surface area contributed by atoms with Crippen LogP contribution in [0.25, 0.3) is 5.69 Å². The minimum atomic E-state index is -1.03. The Morgan fingerprint density at radius 2 is 1.52 bits per heavy atom. The first-order chi connectivity index (χ1) is 13.7. The molecule has 0 aliphatic heterocycles. The Morgan fingerprint density at radius 1 is 0.966 bits per heavy atom. The van der Waals surface area contributed by atoms with E-state index in [4.69, 9.17) is 10.8 Å². The molecule has 3 rings (SSSR count). The van der Waals surface area contributed by atoms with Crippen molar-refractivity contribution in [3.8, 4) is 5.69 Å². The molecule has 1 heterocycles. The highest BCUT2D eigenvalue weighted by Crippen LogP contribution is 2.34. The normalized spacial score (nSPS) is 11.2. The van der Waals surface area contributed by atoms with Gasteiger partial charge in [-0.25, -0.2) is 4.79 Å². The lowest BCUT2D eigenvalue weighted by molar-refractivity contribution is 0.0696. The second kappa shape index (κ2) is 7.84. The molecule has 0 aliphatic rings. The van der Waals surface area contributed by atoms with E-state index in [0.29, 0.717) is 22.0 Å². The number of aromatic nitrogens is 4. The van der Waals surface area contributed by atoms with E-state index >= 15 is 0 Å². The van der Waals surface area contributed by atoms with Gasteiger partial charge in [0.1, 0.15) is 0 Å². The van der Waals surface area contributed by atoms with Gasteiger partial charge in [0, 0.05) is 11.1 Å². The number of hydrogen-bond donors (Lipinski definition) is 2. The van der Waals surface area contributed by atoms with Gasteiger partial charge in [-0.15, -0.1) is 5.10 Å². The Balaban J connectivity index is 1.83. The van der Waals surface area contributed by atoms with Gasteiger partial charge in [-0.05, 0) is 60.7 Å². The van der Waals surface area contributed by atoms with Gasteiger partial charge >= 0.3 is 5.97 Å². The smallest absolute Gasteiger partial charge is 0.335 e. The van der Waals surface area contributed by atoms with Crippen molar-refractivity contribution in [1.29, 1.82) is 0 Å². The summed E-state index contributed by atoms with van der Waals surface area (Å²) in [4.78, 5) is 35.2. The number of carboxylic acids is 1. The van der Waals surface area contributed by atoms with Crippen LogP contribution < -0.4 is 5.73 Å². The van der Waals surface area contributed by atoms with Crippen molar-refractivity contribution in [2.24, 2.45) is 5.73 Å². The maximum atomic E-state index is 13.0. The van der Waals surface area contributed by atoms with E-state index < -0.39 is 16.6 Å². The lowest BCUT2D eigenvalue weighted by atomic mass is 9.99. The Hall–Kier alpha value is -3.53. The van der Waals surface area contributed by atoms with Gasteiger partial charge < -0.3 is 10.8 Å². The standard InChI is InChI=1S/C19H17N5O4S/c1-19(2,15(25)11-3-5-12(6-4-11)16(20)26)29-18-21-22-23-24(18)14-9-7-13(8-10-14)17(27)28/h3-10H,1-2H3,(H2,20,26)(H,27,28). The third-order valence-corrected chi connectivity index (χ3v) is 5.26. The van der Waals surface area contributed by atoms with Gasteiger partial charge in [0.25, 0.3) is 0 Å². The monoisotopic (exact) mass is 411 g/mol. The van der Waals surface area contributed by atoms with E-state index in [-0.39, 0.29) is 11.3 Å². The third kappa shape index (κ3) is 4.32. The van der Waals surface area contributed by atoms with Gasteiger partial charge in [-0.1, -0.05) is 23.9 Å². The predicted octanol–water partition coefficient (Wildman–Crippen LogP) is 2.21. The lowest BCUT2D eigenvalue weighted by Gasteiger charge is -2.21. The first kappa shape index (κ1) is 20.2. The molecule has 3 aromatic rings. The number of nitrogens with zero attached hydrogens (tertiary/aromatic N) is 4. The average molecular weight is 411 g/mol. The van der Waals surface area contributed by atoms with Crippen molar-refractivity contribution in [2.75, 3.05) is 0 Å².